The summed E-state index contributed by atoms with van der Waals surface area (Å²) < 4.78 is 16.7. The van der Waals surface area contributed by atoms with E-state index >= 15 is 0 Å². The molecule has 380 valence electrons. The van der Waals surface area contributed by atoms with Gasteiger partial charge in [-0.15, -0.1) is 0 Å². The molecule has 0 aromatic heterocycles. The van der Waals surface area contributed by atoms with Crippen molar-refractivity contribution in [1.29, 1.82) is 0 Å². The largest absolute Gasteiger partial charge is 0.462 e. The fourth-order valence-electron chi connectivity index (χ4n) is 7.76. The van der Waals surface area contributed by atoms with E-state index in [9.17, 15) is 14.4 Å². The monoisotopic (exact) mass is 921 g/mol. The summed E-state index contributed by atoms with van der Waals surface area (Å²) in [5.41, 5.74) is 0. The van der Waals surface area contributed by atoms with Gasteiger partial charge in [0.05, 0.1) is 0 Å². The third-order valence-electron chi connectivity index (χ3n) is 11.9. The van der Waals surface area contributed by atoms with Crippen molar-refractivity contribution in [3.63, 3.8) is 0 Å². The van der Waals surface area contributed by atoms with E-state index < -0.39 is 6.10 Å². The van der Waals surface area contributed by atoms with Gasteiger partial charge in [0, 0.05) is 19.3 Å². The molecule has 0 aliphatic carbocycles. The summed E-state index contributed by atoms with van der Waals surface area (Å²) in [5, 5.41) is 0. The lowest BCUT2D eigenvalue weighted by atomic mass is 10.1. The van der Waals surface area contributed by atoms with Crippen molar-refractivity contribution in [2.75, 3.05) is 13.2 Å². The Labute approximate surface area is 408 Å². The van der Waals surface area contributed by atoms with Crippen LogP contribution in [-0.4, -0.2) is 37.2 Å². The molecule has 6 nitrogen and oxygen atoms in total. The molecule has 0 heterocycles. The molecule has 0 aromatic carbocycles. The summed E-state index contributed by atoms with van der Waals surface area (Å²) in [7, 11) is 0. The van der Waals surface area contributed by atoms with Crippen LogP contribution in [0.1, 0.15) is 271 Å². The molecule has 1 atom stereocenters. The highest BCUT2D eigenvalue weighted by Gasteiger charge is 2.19. The fourth-order valence-corrected chi connectivity index (χ4v) is 7.76. The van der Waals surface area contributed by atoms with Crippen LogP contribution in [0, 0.1) is 0 Å². The molecule has 1 unspecified atom stereocenters. The third-order valence-corrected chi connectivity index (χ3v) is 11.9. The Morgan fingerprint density at radius 1 is 0.318 bits per heavy atom. The van der Waals surface area contributed by atoms with Gasteiger partial charge >= 0.3 is 17.9 Å². The Morgan fingerprint density at radius 2 is 0.591 bits per heavy atom. The molecule has 66 heavy (non-hydrogen) atoms. The van der Waals surface area contributed by atoms with Crippen LogP contribution in [0.5, 0.6) is 0 Å². The van der Waals surface area contributed by atoms with Gasteiger partial charge < -0.3 is 14.2 Å². The summed E-state index contributed by atoms with van der Waals surface area (Å²) in [6, 6.07) is 0. The second-order valence-corrected chi connectivity index (χ2v) is 18.5. The third kappa shape index (κ3) is 51.8. The van der Waals surface area contributed by atoms with Crippen LogP contribution in [-0.2, 0) is 28.6 Å². The van der Waals surface area contributed by atoms with Gasteiger partial charge in [-0.1, -0.05) is 235 Å². The van der Waals surface area contributed by atoms with Crippen LogP contribution in [0.3, 0.4) is 0 Å². The molecule has 0 radical (unpaired) electrons. The van der Waals surface area contributed by atoms with E-state index in [1.807, 2.05) is 0 Å². The van der Waals surface area contributed by atoms with Crippen molar-refractivity contribution in [3.05, 3.63) is 72.9 Å². The van der Waals surface area contributed by atoms with Crippen LogP contribution < -0.4 is 0 Å². The Hall–Kier alpha value is -3.15. The second kappa shape index (κ2) is 54.5. The highest BCUT2D eigenvalue weighted by Crippen LogP contribution is 2.15. The molecule has 0 N–H and O–H groups in total. The van der Waals surface area contributed by atoms with Gasteiger partial charge in [-0.3, -0.25) is 14.4 Å². The molecule has 0 amide bonds. The first-order valence-corrected chi connectivity index (χ1v) is 27.9. The van der Waals surface area contributed by atoms with Crippen LogP contribution >= 0.6 is 0 Å². The number of rotatable bonds is 50. The van der Waals surface area contributed by atoms with Gasteiger partial charge in [0.15, 0.2) is 6.10 Å². The van der Waals surface area contributed by atoms with Crippen molar-refractivity contribution in [3.8, 4) is 0 Å². The molecule has 0 saturated carbocycles. The van der Waals surface area contributed by atoms with Crippen LogP contribution in [0.15, 0.2) is 72.9 Å². The van der Waals surface area contributed by atoms with Gasteiger partial charge in [-0.25, -0.2) is 0 Å². The number of hydrogen-bond acceptors (Lipinski definition) is 6. The highest BCUT2D eigenvalue weighted by atomic mass is 16.6. The summed E-state index contributed by atoms with van der Waals surface area (Å²) in [6.07, 6.45) is 69.3. The maximum atomic E-state index is 12.8. The average Bonchev–Trinajstić information content (AvgIpc) is 3.31. The van der Waals surface area contributed by atoms with Crippen molar-refractivity contribution < 1.29 is 28.6 Å². The predicted octanol–water partition coefficient (Wildman–Crippen LogP) is 18.6. The maximum Gasteiger partial charge on any atom is 0.306 e. The number of carbonyl (C=O) groups excluding carboxylic acids is 3. The van der Waals surface area contributed by atoms with E-state index in [0.717, 1.165) is 103 Å². The summed E-state index contributed by atoms with van der Waals surface area (Å²) in [5.74, 6) is -0.898. The first kappa shape index (κ1) is 62.8. The SMILES string of the molecule is CC/C=C\C/C=C\C/C=C\C/C=C\C/C=C\CCCCCCCCCCCC(=O)OCC(COC(=O)CCCCCCC)OC(=O)CCCCCCCCC/C=C\CCCCCCCCC. The highest BCUT2D eigenvalue weighted by molar-refractivity contribution is 5.71. The lowest BCUT2D eigenvalue weighted by molar-refractivity contribution is -0.167. The van der Waals surface area contributed by atoms with E-state index in [4.69, 9.17) is 14.2 Å². The molecular weight excluding hydrogens is 817 g/mol. The van der Waals surface area contributed by atoms with Gasteiger partial charge in [0.25, 0.3) is 0 Å². The second-order valence-electron chi connectivity index (χ2n) is 18.5. The van der Waals surface area contributed by atoms with Gasteiger partial charge in [-0.2, -0.15) is 0 Å². The van der Waals surface area contributed by atoms with E-state index in [2.05, 4.69) is 93.7 Å². The smallest absolute Gasteiger partial charge is 0.306 e. The molecular formula is C60H104O6. The van der Waals surface area contributed by atoms with Crippen LogP contribution in [0.2, 0.25) is 0 Å². The molecule has 0 fully saturated rings. The molecule has 0 aromatic rings. The van der Waals surface area contributed by atoms with Gasteiger partial charge in [-0.05, 0) is 89.9 Å². The molecule has 0 rings (SSSR count). The minimum atomic E-state index is -0.776. The van der Waals surface area contributed by atoms with Gasteiger partial charge in [0.2, 0.25) is 0 Å². The lowest BCUT2D eigenvalue weighted by Crippen LogP contribution is -2.30. The Balaban J connectivity index is 4.12. The normalized spacial score (nSPS) is 12.6. The Kier molecular flexibility index (Phi) is 51.9. The van der Waals surface area contributed by atoms with Crippen LogP contribution in [0.25, 0.3) is 0 Å². The molecule has 0 aliphatic rings. The summed E-state index contributed by atoms with van der Waals surface area (Å²) in [6.45, 7) is 6.44. The zero-order valence-electron chi connectivity index (χ0n) is 43.4. The number of esters is 3. The minimum absolute atomic E-state index is 0.0789. The molecule has 6 heteroatoms. The predicted molar refractivity (Wildman–Crippen MR) is 284 cm³/mol. The zero-order chi connectivity index (χ0) is 47.9. The molecule has 0 saturated heterocycles. The van der Waals surface area contributed by atoms with E-state index in [0.29, 0.717) is 19.3 Å². The number of unbranched alkanes of at least 4 members (excludes halogenated alkanes) is 27. The first-order valence-electron chi connectivity index (χ1n) is 27.9. The van der Waals surface area contributed by atoms with Crippen molar-refractivity contribution in [2.45, 2.75) is 277 Å². The van der Waals surface area contributed by atoms with Crippen molar-refractivity contribution in [1.82, 2.24) is 0 Å². The fraction of sp³-hybridized carbons (Fsp3) is 0.750. The lowest BCUT2D eigenvalue weighted by Gasteiger charge is -2.18. The van der Waals surface area contributed by atoms with Crippen LogP contribution in [0.4, 0.5) is 0 Å². The quantitative estimate of drug-likeness (QED) is 0.0262. The van der Waals surface area contributed by atoms with Crippen molar-refractivity contribution in [2.24, 2.45) is 0 Å². The van der Waals surface area contributed by atoms with E-state index in [1.165, 1.54) is 128 Å². The van der Waals surface area contributed by atoms with Gasteiger partial charge in [0.1, 0.15) is 13.2 Å². The van der Waals surface area contributed by atoms with E-state index in [-0.39, 0.29) is 31.1 Å². The Bertz CT molecular complexity index is 1240. The summed E-state index contributed by atoms with van der Waals surface area (Å²) in [4.78, 5) is 37.8. The maximum absolute atomic E-state index is 12.8. The standard InChI is InChI=1S/C60H104O6/c1-4-7-10-13-15-17-19-21-23-25-27-28-29-30-31-32-33-35-36-38-40-42-44-47-50-53-59(62)65-56-57(55-64-58(61)52-49-46-12-9-6-3)66-60(63)54-51-48-45-43-41-39-37-34-26-24-22-20-18-16-14-11-8-5-2/h7,10,15,17,21,23-24,26-28,30-31,57H,4-6,8-9,11-14,16,18-20,22,25,29,32-56H2,1-3H3/b10-7-,17-15-,23-21-,26-24-,28-27-,31-30-. The number of allylic oxidation sites excluding steroid dienone is 12. The minimum Gasteiger partial charge on any atom is -0.462 e. The Morgan fingerprint density at radius 3 is 0.939 bits per heavy atom. The van der Waals surface area contributed by atoms with E-state index in [1.54, 1.807) is 0 Å². The number of carbonyl (C=O) groups is 3. The zero-order valence-corrected chi connectivity index (χ0v) is 43.4. The summed E-state index contributed by atoms with van der Waals surface area (Å²) >= 11 is 0. The first-order chi connectivity index (χ1) is 32.5. The topological polar surface area (TPSA) is 78.9 Å². The molecule has 0 aliphatic heterocycles. The number of hydrogen-bond donors (Lipinski definition) is 0. The average molecular weight is 921 g/mol. The molecule has 0 spiro atoms. The number of ether oxygens (including phenoxy) is 3. The van der Waals surface area contributed by atoms with Crippen molar-refractivity contribution >= 4 is 17.9 Å². The molecule has 0 bridgehead atoms.